The summed E-state index contributed by atoms with van der Waals surface area (Å²) >= 11 is 0. The van der Waals surface area contributed by atoms with Crippen molar-refractivity contribution in [3.05, 3.63) is 35.6 Å². The highest BCUT2D eigenvalue weighted by molar-refractivity contribution is 5.99. The van der Waals surface area contributed by atoms with E-state index in [4.69, 9.17) is 13.9 Å². The summed E-state index contributed by atoms with van der Waals surface area (Å²) in [5.74, 6) is -1.56. The summed E-state index contributed by atoms with van der Waals surface area (Å²) < 4.78 is 16.1. The molecule has 1 unspecified atom stereocenters. The van der Waals surface area contributed by atoms with E-state index in [1.807, 2.05) is 24.4 Å². The van der Waals surface area contributed by atoms with Gasteiger partial charge in [0.1, 0.15) is 5.58 Å². The smallest absolute Gasteiger partial charge is 0.375 e. The van der Waals surface area contributed by atoms with Crippen LogP contribution in [0.15, 0.2) is 28.7 Å². The molecule has 25 heavy (non-hydrogen) atoms. The number of hydrogen-bond donors (Lipinski definition) is 2. The molecule has 0 aliphatic heterocycles. The van der Waals surface area contributed by atoms with Crippen LogP contribution in [0.3, 0.4) is 0 Å². The molecule has 1 heterocycles. The van der Waals surface area contributed by atoms with Crippen molar-refractivity contribution in [2.45, 2.75) is 26.6 Å². The quantitative estimate of drug-likeness (QED) is 0.773. The number of hydrogen-bond acceptors (Lipinski definition) is 6. The maximum Gasteiger partial charge on any atom is 0.375 e. The zero-order valence-electron chi connectivity index (χ0n) is 14.3. The van der Waals surface area contributed by atoms with Crippen LogP contribution in [0.1, 0.15) is 30.0 Å². The lowest BCUT2D eigenvalue weighted by Gasteiger charge is -2.12. The van der Waals surface area contributed by atoms with Crippen molar-refractivity contribution in [2.24, 2.45) is 0 Å². The first kappa shape index (κ1) is 18.5. The predicted molar refractivity (Wildman–Crippen MR) is 89.0 cm³/mol. The lowest BCUT2D eigenvalue weighted by molar-refractivity contribution is -0.128. The van der Waals surface area contributed by atoms with Gasteiger partial charge in [-0.15, -0.1) is 0 Å². The molecule has 2 rings (SSSR count). The highest BCUT2D eigenvalue weighted by Crippen LogP contribution is 2.27. The minimum atomic E-state index is -1.17. The van der Waals surface area contributed by atoms with Crippen molar-refractivity contribution in [1.82, 2.24) is 10.6 Å². The Morgan fingerprint density at radius 1 is 1.24 bits per heavy atom. The molecule has 8 heteroatoms. The molecule has 0 aliphatic carbocycles. The number of ether oxygens (including phenoxy) is 2. The minimum Gasteiger partial charge on any atom is -0.449 e. The summed E-state index contributed by atoms with van der Waals surface area (Å²) in [6, 6.07) is 6.45. The fourth-order valence-electron chi connectivity index (χ4n) is 2.15. The van der Waals surface area contributed by atoms with Crippen LogP contribution in [0, 0.1) is 0 Å². The number of fused-ring (bicyclic) bond motifs is 1. The average Bonchev–Trinajstić information content (AvgIpc) is 2.98. The van der Waals surface area contributed by atoms with Crippen LogP contribution in [0.4, 0.5) is 4.79 Å². The number of carbonyl (C=O) groups is 3. The van der Waals surface area contributed by atoms with Gasteiger partial charge in [-0.3, -0.25) is 10.1 Å². The van der Waals surface area contributed by atoms with E-state index in [1.165, 1.54) is 14.0 Å². The maximum absolute atomic E-state index is 12.4. The molecule has 1 aromatic heterocycles. The Morgan fingerprint density at radius 3 is 2.64 bits per heavy atom. The van der Waals surface area contributed by atoms with E-state index in [-0.39, 0.29) is 12.4 Å². The summed E-state index contributed by atoms with van der Waals surface area (Å²) in [5.41, 5.74) is 1.08. The molecule has 3 amide bonds. The van der Waals surface area contributed by atoms with Gasteiger partial charge in [0, 0.05) is 24.6 Å². The lowest BCUT2D eigenvalue weighted by atomic mass is 10.1. The fraction of sp³-hybridized carbons (Fsp3) is 0.353. The van der Waals surface area contributed by atoms with E-state index in [0.29, 0.717) is 17.8 Å². The Morgan fingerprint density at radius 2 is 1.96 bits per heavy atom. The van der Waals surface area contributed by atoms with Crippen LogP contribution < -0.4 is 10.6 Å². The van der Waals surface area contributed by atoms with Gasteiger partial charge in [-0.2, -0.15) is 0 Å². The highest BCUT2D eigenvalue weighted by atomic mass is 16.6. The van der Waals surface area contributed by atoms with Crippen molar-refractivity contribution < 1.29 is 28.3 Å². The van der Waals surface area contributed by atoms with Gasteiger partial charge in [0.2, 0.25) is 5.76 Å². The maximum atomic E-state index is 12.4. The fourth-order valence-corrected chi connectivity index (χ4v) is 2.15. The van der Waals surface area contributed by atoms with Gasteiger partial charge in [0.05, 0.1) is 6.61 Å². The van der Waals surface area contributed by atoms with E-state index in [2.05, 4.69) is 5.32 Å². The molecule has 0 aliphatic rings. The Hall–Kier alpha value is -2.87. The van der Waals surface area contributed by atoms with Gasteiger partial charge in [0.15, 0.2) is 6.10 Å². The number of imide groups is 1. The molecule has 1 atom stereocenters. The predicted octanol–water partition coefficient (Wildman–Crippen LogP) is 1.97. The number of para-hydroxylation sites is 1. The Balaban J connectivity index is 2.20. The topological polar surface area (TPSA) is 107 Å². The molecule has 2 N–H and O–H groups in total. The Labute approximate surface area is 144 Å². The number of furan rings is 1. The molecule has 0 radical (unpaired) electrons. The molecule has 0 spiro atoms. The zero-order chi connectivity index (χ0) is 18.4. The first-order chi connectivity index (χ1) is 12.0. The molecular formula is C17H20N2O6. The van der Waals surface area contributed by atoms with Crippen molar-refractivity contribution in [3.8, 4) is 0 Å². The minimum absolute atomic E-state index is 0.0192. The number of carbonyl (C=O) groups excluding carboxylic acids is 3. The van der Waals surface area contributed by atoms with Gasteiger partial charge in [0.25, 0.3) is 5.91 Å². The van der Waals surface area contributed by atoms with Gasteiger partial charge in [-0.05, 0) is 19.9 Å². The SMILES string of the molecule is CCOCc1c(C(=O)OC(C)C(=O)NC(=O)NC)oc2ccccc12. The molecule has 0 saturated heterocycles. The summed E-state index contributed by atoms with van der Waals surface area (Å²) in [4.78, 5) is 35.4. The molecule has 8 nitrogen and oxygen atoms in total. The van der Waals surface area contributed by atoms with Gasteiger partial charge >= 0.3 is 12.0 Å². The van der Waals surface area contributed by atoms with Crippen LogP contribution in [-0.4, -0.2) is 37.7 Å². The van der Waals surface area contributed by atoms with Crippen molar-refractivity contribution in [2.75, 3.05) is 13.7 Å². The second kappa shape index (κ2) is 8.29. The monoisotopic (exact) mass is 348 g/mol. The largest absolute Gasteiger partial charge is 0.449 e. The summed E-state index contributed by atoms with van der Waals surface area (Å²) in [5, 5.41) is 5.02. The van der Waals surface area contributed by atoms with Crippen LogP contribution in [0.25, 0.3) is 11.0 Å². The average molecular weight is 348 g/mol. The van der Waals surface area contributed by atoms with Crippen LogP contribution in [-0.2, 0) is 20.9 Å². The number of rotatable bonds is 6. The van der Waals surface area contributed by atoms with E-state index in [0.717, 1.165) is 5.39 Å². The third-order valence-electron chi connectivity index (χ3n) is 3.45. The van der Waals surface area contributed by atoms with Crippen molar-refractivity contribution >= 4 is 28.9 Å². The van der Waals surface area contributed by atoms with Gasteiger partial charge in [-0.1, -0.05) is 18.2 Å². The number of esters is 1. The summed E-state index contributed by atoms with van der Waals surface area (Å²) in [7, 11) is 1.37. The lowest BCUT2D eigenvalue weighted by Crippen LogP contribution is -2.43. The van der Waals surface area contributed by atoms with Crippen molar-refractivity contribution in [1.29, 1.82) is 0 Å². The number of amides is 3. The molecular weight excluding hydrogens is 328 g/mol. The normalized spacial score (nSPS) is 11.8. The molecule has 0 saturated carbocycles. The molecule has 1 aromatic carbocycles. The second-order valence-electron chi connectivity index (χ2n) is 5.16. The molecule has 2 aromatic rings. The van der Waals surface area contributed by atoms with Crippen molar-refractivity contribution in [3.63, 3.8) is 0 Å². The summed E-state index contributed by atoms with van der Waals surface area (Å²) in [6.45, 7) is 3.85. The molecule has 0 fully saturated rings. The molecule has 0 bridgehead atoms. The zero-order valence-corrected chi connectivity index (χ0v) is 14.3. The van der Waals surface area contributed by atoms with E-state index < -0.39 is 24.0 Å². The third-order valence-corrected chi connectivity index (χ3v) is 3.45. The molecule has 134 valence electrons. The standard InChI is InChI=1S/C17H20N2O6/c1-4-23-9-12-11-7-5-6-8-13(11)25-14(12)16(21)24-10(2)15(20)19-17(22)18-3/h5-8,10H,4,9H2,1-3H3,(H2,18,19,20,22). The van der Waals surface area contributed by atoms with Crippen LogP contribution in [0.5, 0.6) is 0 Å². The van der Waals surface area contributed by atoms with E-state index in [9.17, 15) is 14.4 Å². The third kappa shape index (κ3) is 4.36. The first-order valence-electron chi connectivity index (χ1n) is 7.79. The first-order valence-corrected chi connectivity index (χ1v) is 7.79. The summed E-state index contributed by atoms with van der Waals surface area (Å²) in [6.07, 6.45) is -1.17. The second-order valence-corrected chi connectivity index (χ2v) is 5.16. The van der Waals surface area contributed by atoms with Crippen LogP contribution >= 0.6 is 0 Å². The van der Waals surface area contributed by atoms with E-state index in [1.54, 1.807) is 12.1 Å². The number of nitrogens with one attached hydrogen (secondary N) is 2. The van der Waals surface area contributed by atoms with Gasteiger partial charge < -0.3 is 19.2 Å². The number of urea groups is 1. The van der Waals surface area contributed by atoms with Crippen LogP contribution in [0.2, 0.25) is 0 Å². The Kier molecular flexibility index (Phi) is 6.13. The van der Waals surface area contributed by atoms with Gasteiger partial charge in [-0.25, -0.2) is 9.59 Å². The number of benzene rings is 1. The Bertz CT molecular complexity index is 783. The highest BCUT2D eigenvalue weighted by Gasteiger charge is 2.26. The van der Waals surface area contributed by atoms with E-state index >= 15 is 0 Å².